The first-order chi connectivity index (χ1) is 8.40. The molecule has 1 heterocycles. The molecule has 1 aliphatic heterocycles. The fourth-order valence-electron chi connectivity index (χ4n) is 2.63. The lowest BCUT2D eigenvalue weighted by molar-refractivity contribution is 0.798. The van der Waals surface area contributed by atoms with Gasteiger partial charge in [-0.3, -0.25) is 0 Å². The van der Waals surface area contributed by atoms with Gasteiger partial charge in [0.1, 0.15) is 0 Å². The number of aryl methyl sites for hydroxylation is 1. The molecule has 2 aromatic rings. The summed E-state index contributed by atoms with van der Waals surface area (Å²) in [4.78, 5) is 0. The summed E-state index contributed by atoms with van der Waals surface area (Å²) in [5.41, 5.74) is 7.12. The van der Waals surface area contributed by atoms with E-state index in [-0.39, 0.29) is 0 Å². The smallest absolute Gasteiger partial charge is 0.0737 e. The molecule has 1 heteroatoms. The lowest BCUT2D eigenvalue weighted by atomic mass is 9.66. The van der Waals surface area contributed by atoms with Crippen molar-refractivity contribution in [3.05, 3.63) is 48.0 Å². The van der Waals surface area contributed by atoms with Crippen LogP contribution in [0.4, 0.5) is 0 Å². The van der Waals surface area contributed by atoms with Gasteiger partial charge in [-0.25, -0.2) is 0 Å². The third-order valence-electron chi connectivity index (χ3n) is 3.55. The molecule has 0 bridgehead atoms. The highest BCUT2D eigenvalue weighted by Gasteiger charge is 2.20. The molecule has 0 N–H and O–H groups in total. The Balaban J connectivity index is 2.05. The molecule has 2 aromatic carbocycles. The molecule has 0 nitrogen and oxygen atoms in total. The van der Waals surface area contributed by atoms with Gasteiger partial charge in [0.2, 0.25) is 0 Å². The van der Waals surface area contributed by atoms with Crippen LogP contribution in [0, 0.1) is 0 Å². The van der Waals surface area contributed by atoms with Gasteiger partial charge in [0.25, 0.3) is 0 Å². The predicted molar refractivity (Wildman–Crippen MR) is 75.5 cm³/mol. The van der Waals surface area contributed by atoms with Crippen LogP contribution in [0.25, 0.3) is 11.1 Å². The number of fused-ring (bicyclic) bond motifs is 3. The van der Waals surface area contributed by atoms with Crippen molar-refractivity contribution in [2.45, 2.75) is 26.2 Å². The maximum atomic E-state index is 2.34. The minimum atomic E-state index is 1.20. The van der Waals surface area contributed by atoms with E-state index in [1.165, 1.54) is 46.9 Å². The Morgan fingerprint density at radius 1 is 0.941 bits per heavy atom. The SMILES string of the molecule is CCCCc1cccc2c1[B]c1ccccc1-2. The molecule has 0 aromatic heterocycles. The Hall–Kier alpha value is -1.50. The van der Waals surface area contributed by atoms with Crippen molar-refractivity contribution in [2.75, 3.05) is 0 Å². The van der Waals surface area contributed by atoms with Crippen LogP contribution in [-0.4, -0.2) is 7.28 Å². The normalized spacial score (nSPS) is 11.8. The Bertz CT molecular complexity index is 543. The van der Waals surface area contributed by atoms with Gasteiger partial charge in [-0.2, -0.15) is 0 Å². The van der Waals surface area contributed by atoms with Gasteiger partial charge < -0.3 is 0 Å². The van der Waals surface area contributed by atoms with E-state index < -0.39 is 0 Å². The number of benzene rings is 2. The lowest BCUT2D eigenvalue weighted by Crippen LogP contribution is -2.24. The van der Waals surface area contributed by atoms with E-state index in [1.807, 2.05) is 0 Å². The van der Waals surface area contributed by atoms with Gasteiger partial charge in [-0.1, -0.05) is 72.3 Å². The van der Waals surface area contributed by atoms with Gasteiger partial charge in [0, 0.05) is 0 Å². The Morgan fingerprint density at radius 2 is 1.76 bits per heavy atom. The highest BCUT2D eigenvalue weighted by molar-refractivity contribution is 6.73. The Kier molecular flexibility index (Phi) is 2.76. The molecule has 0 atom stereocenters. The van der Waals surface area contributed by atoms with Crippen LogP contribution in [0.15, 0.2) is 42.5 Å². The van der Waals surface area contributed by atoms with Crippen molar-refractivity contribution in [3.63, 3.8) is 0 Å². The second-order valence-electron chi connectivity index (χ2n) is 4.71. The van der Waals surface area contributed by atoms with Crippen molar-refractivity contribution >= 4 is 18.2 Å². The summed E-state index contributed by atoms with van der Waals surface area (Å²) < 4.78 is 0. The van der Waals surface area contributed by atoms with Crippen molar-refractivity contribution < 1.29 is 0 Å². The summed E-state index contributed by atoms with van der Waals surface area (Å²) in [5, 5.41) is 0. The molecule has 0 aliphatic carbocycles. The molecule has 17 heavy (non-hydrogen) atoms. The van der Waals surface area contributed by atoms with Crippen molar-refractivity contribution in [2.24, 2.45) is 0 Å². The number of unbranched alkanes of at least 4 members (excludes halogenated alkanes) is 1. The largest absolute Gasteiger partial charge is 0.193 e. The van der Waals surface area contributed by atoms with E-state index in [1.54, 1.807) is 0 Å². The molecule has 3 rings (SSSR count). The zero-order valence-electron chi connectivity index (χ0n) is 10.2. The van der Waals surface area contributed by atoms with Gasteiger partial charge in [-0.05, 0) is 24.0 Å². The van der Waals surface area contributed by atoms with Crippen LogP contribution in [0.2, 0.25) is 0 Å². The summed E-state index contributed by atoms with van der Waals surface area (Å²) in [6, 6.07) is 15.4. The zero-order valence-corrected chi connectivity index (χ0v) is 10.2. The molecular weight excluding hydrogens is 203 g/mol. The van der Waals surface area contributed by atoms with Crippen LogP contribution in [0.5, 0.6) is 0 Å². The third-order valence-corrected chi connectivity index (χ3v) is 3.55. The van der Waals surface area contributed by atoms with Crippen LogP contribution < -0.4 is 10.9 Å². The number of rotatable bonds is 3. The summed E-state index contributed by atoms with van der Waals surface area (Å²) in [5.74, 6) is 0. The summed E-state index contributed by atoms with van der Waals surface area (Å²) >= 11 is 0. The zero-order chi connectivity index (χ0) is 11.7. The second kappa shape index (κ2) is 4.41. The van der Waals surface area contributed by atoms with E-state index in [2.05, 4.69) is 56.7 Å². The van der Waals surface area contributed by atoms with Crippen LogP contribution in [0.1, 0.15) is 25.3 Å². The van der Waals surface area contributed by atoms with E-state index in [9.17, 15) is 0 Å². The highest BCUT2D eigenvalue weighted by Crippen LogP contribution is 2.21. The van der Waals surface area contributed by atoms with Gasteiger partial charge in [0.05, 0.1) is 0 Å². The maximum Gasteiger partial charge on any atom is 0.193 e. The molecule has 0 fully saturated rings. The maximum absolute atomic E-state index is 2.34. The average Bonchev–Trinajstić information content (AvgIpc) is 2.75. The Morgan fingerprint density at radius 3 is 2.65 bits per heavy atom. The van der Waals surface area contributed by atoms with Crippen molar-refractivity contribution in [1.82, 2.24) is 0 Å². The minimum Gasteiger partial charge on any atom is -0.0737 e. The van der Waals surface area contributed by atoms with E-state index in [4.69, 9.17) is 0 Å². The van der Waals surface area contributed by atoms with Gasteiger partial charge in [-0.15, -0.1) is 0 Å². The molecule has 0 amide bonds. The van der Waals surface area contributed by atoms with Gasteiger partial charge in [0.15, 0.2) is 7.28 Å². The average molecular weight is 219 g/mol. The van der Waals surface area contributed by atoms with Crippen LogP contribution >= 0.6 is 0 Å². The van der Waals surface area contributed by atoms with E-state index in [0.29, 0.717) is 0 Å². The summed E-state index contributed by atoms with van der Waals surface area (Å²) in [7, 11) is 2.34. The second-order valence-corrected chi connectivity index (χ2v) is 4.71. The van der Waals surface area contributed by atoms with E-state index in [0.717, 1.165) is 0 Å². The molecule has 0 saturated carbocycles. The highest BCUT2D eigenvalue weighted by atomic mass is 14.1. The third kappa shape index (κ3) is 1.80. The molecule has 0 unspecified atom stereocenters. The first-order valence-corrected chi connectivity index (χ1v) is 6.46. The first-order valence-electron chi connectivity index (χ1n) is 6.46. The minimum absolute atomic E-state index is 1.20. The predicted octanol–water partition coefficient (Wildman–Crippen LogP) is 2.66. The first kappa shape index (κ1) is 10.6. The quantitative estimate of drug-likeness (QED) is 0.594. The topological polar surface area (TPSA) is 0 Å². The number of hydrogen-bond donors (Lipinski definition) is 0. The fourth-order valence-corrected chi connectivity index (χ4v) is 2.63. The molecular formula is C16H16B. The molecule has 1 aliphatic rings. The van der Waals surface area contributed by atoms with Crippen molar-refractivity contribution in [3.8, 4) is 11.1 Å². The number of hydrogen-bond acceptors (Lipinski definition) is 0. The fraction of sp³-hybridized carbons (Fsp3) is 0.250. The van der Waals surface area contributed by atoms with Crippen LogP contribution in [0.3, 0.4) is 0 Å². The Labute approximate surface area is 104 Å². The monoisotopic (exact) mass is 219 g/mol. The van der Waals surface area contributed by atoms with Crippen molar-refractivity contribution in [1.29, 1.82) is 0 Å². The molecule has 0 spiro atoms. The molecule has 83 valence electrons. The van der Waals surface area contributed by atoms with Crippen LogP contribution in [-0.2, 0) is 6.42 Å². The summed E-state index contributed by atoms with van der Waals surface area (Å²) in [6.07, 6.45) is 3.74. The standard InChI is InChI=1S/C16H16B/c1-2-3-7-12-8-6-10-14-13-9-4-5-11-15(13)17-16(12)14/h4-6,8-11H,2-3,7H2,1H3. The summed E-state index contributed by atoms with van der Waals surface area (Å²) in [6.45, 7) is 2.25. The molecule has 0 saturated heterocycles. The van der Waals surface area contributed by atoms with Gasteiger partial charge >= 0.3 is 0 Å². The lowest BCUT2D eigenvalue weighted by Gasteiger charge is -2.07. The molecule has 1 radical (unpaired) electrons. The van der Waals surface area contributed by atoms with E-state index >= 15 is 0 Å².